The molecule has 0 aromatic carbocycles. The number of hydrogen-bond acceptors (Lipinski definition) is 3. The Balaban J connectivity index is 2.39. The van der Waals surface area contributed by atoms with Crippen LogP contribution < -0.4 is 5.73 Å². The topological polar surface area (TPSA) is 53.0 Å². The number of likely N-dealkylation sites (tertiary alicyclic amines) is 1. The minimum atomic E-state index is -0.259. The third-order valence-corrected chi connectivity index (χ3v) is 2.08. The molecule has 0 saturated carbocycles. The van der Waals surface area contributed by atoms with Gasteiger partial charge in [-0.1, -0.05) is 0 Å². The zero-order valence-corrected chi connectivity index (χ0v) is 6.25. The molecule has 1 aliphatic rings. The van der Waals surface area contributed by atoms with Crippen molar-refractivity contribution in [1.82, 2.24) is 4.90 Å². The third-order valence-electron chi connectivity index (χ3n) is 2.08. The van der Waals surface area contributed by atoms with Gasteiger partial charge >= 0.3 is 0 Å². The van der Waals surface area contributed by atoms with Gasteiger partial charge in [0.15, 0.2) is 0 Å². The molecule has 1 aliphatic heterocycles. The van der Waals surface area contributed by atoms with Crippen LogP contribution in [0, 0.1) is 17.2 Å². The van der Waals surface area contributed by atoms with E-state index in [0.29, 0.717) is 5.92 Å². The molecule has 3 nitrogen and oxygen atoms in total. The fourth-order valence-electron chi connectivity index (χ4n) is 1.37. The molecule has 2 N–H and O–H groups in total. The molecule has 2 unspecified atom stereocenters. The standard InChI is InChI=1S/C7H13N3/c1-10-3-2-6(5-10)7(9)4-8/h6-7H,2-3,5,9H2,1H3. The summed E-state index contributed by atoms with van der Waals surface area (Å²) in [5, 5.41) is 8.49. The van der Waals surface area contributed by atoms with Crippen molar-refractivity contribution >= 4 is 0 Å². The Morgan fingerprint density at radius 1 is 1.80 bits per heavy atom. The Kier molecular flexibility index (Phi) is 2.25. The molecule has 1 saturated heterocycles. The summed E-state index contributed by atoms with van der Waals surface area (Å²) in [5.74, 6) is 0.398. The minimum Gasteiger partial charge on any atom is -0.316 e. The van der Waals surface area contributed by atoms with E-state index in [9.17, 15) is 0 Å². The van der Waals surface area contributed by atoms with Gasteiger partial charge in [-0.25, -0.2) is 0 Å². The zero-order chi connectivity index (χ0) is 7.56. The molecule has 1 heterocycles. The van der Waals surface area contributed by atoms with Crippen molar-refractivity contribution in [2.45, 2.75) is 12.5 Å². The van der Waals surface area contributed by atoms with Crippen LogP contribution in [0.4, 0.5) is 0 Å². The van der Waals surface area contributed by atoms with E-state index in [2.05, 4.69) is 18.0 Å². The second kappa shape index (κ2) is 3.00. The third kappa shape index (κ3) is 1.47. The number of nitriles is 1. The number of hydrogen-bond donors (Lipinski definition) is 1. The SMILES string of the molecule is CN1CCC(C(N)C#N)C1. The molecule has 0 aromatic heterocycles. The van der Waals surface area contributed by atoms with Gasteiger partial charge in [0, 0.05) is 12.5 Å². The number of nitrogens with zero attached hydrogens (tertiary/aromatic N) is 2. The van der Waals surface area contributed by atoms with E-state index < -0.39 is 0 Å². The van der Waals surface area contributed by atoms with Crippen molar-refractivity contribution in [1.29, 1.82) is 5.26 Å². The predicted octanol–water partition coefficient (Wildman–Crippen LogP) is -0.211. The van der Waals surface area contributed by atoms with E-state index in [0.717, 1.165) is 19.5 Å². The molecule has 1 rings (SSSR count). The minimum absolute atomic E-state index is 0.259. The fourth-order valence-corrected chi connectivity index (χ4v) is 1.37. The molecule has 56 valence electrons. The Morgan fingerprint density at radius 3 is 2.90 bits per heavy atom. The normalized spacial score (nSPS) is 29.9. The lowest BCUT2D eigenvalue weighted by Crippen LogP contribution is -2.30. The van der Waals surface area contributed by atoms with Crippen molar-refractivity contribution < 1.29 is 0 Å². The Hall–Kier alpha value is -0.590. The van der Waals surface area contributed by atoms with E-state index >= 15 is 0 Å². The smallest absolute Gasteiger partial charge is 0.0969 e. The highest BCUT2D eigenvalue weighted by molar-refractivity contribution is 4.95. The zero-order valence-electron chi connectivity index (χ0n) is 6.25. The van der Waals surface area contributed by atoms with Crippen LogP contribution in [0.15, 0.2) is 0 Å². The van der Waals surface area contributed by atoms with Gasteiger partial charge in [0.1, 0.15) is 0 Å². The second-order valence-electron chi connectivity index (χ2n) is 2.97. The van der Waals surface area contributed by atoms with Gasteiger partial charge in [-0.2, -0.15) is 5.26 Å². The molecule has 0 radical (unpaired) electrons. The average Bonchev–Trinajstić information content (AvgIpc) is 2.34. The van der Waals surface area contributed by atoms with Crippen molar-refractivity contribution in [3.63, 3.8) is 0 Å². The monoisotopic (exact) mass is 139 g/mol. The summed E-state index contributed by atoms with van der Waals surface area (Å²) in [4.78, 5) is 2.21. The van der Waals surface area contributed by atoms with E-state index in [-0.39, 0.29) is 6.04 Å². The first-order valence-electron chi connectivity index (χ1n) is 3.58. The first kappa shape index (κ1) is 7.52. The lowest BCUT2D eigenvalue weighted by atomic mass is 10.0. The van der Waals surface area contributed by atoms with Crippen molar-refractivity contribution in [3.8, 4) is 6.07 Å². The summed E-state index contributed by atoms with van der Waals surface area (Å²) in [7, 11) is 2.06. The lowest BCUT2D eigenvalue weighted by Gasteiger charge is -2.10. The summed E-state index contributed by atoms with van der Waals surface area (Å²) in [6.07, 6.45) is 1.07. The maximum absolute atomic E-state index is 8.49. The van der Waals surface area contributed by atoms with Crippen LogP contribution in [-0.2, 0) is 0 Å². The summed E-state index contributed by atoms with van der Waals surface area (Å²) in [6, 6.07) is 1.82. The second-order valence-corrected chi connectivity index (χ2v) is 2.97. The Bertz CT molecular complexity index is 149. The van der Waals surface area contributed by atoms with Gasteiger partial charge in [-0.3, -0.25) is 0 Å². The first-order valence-corrected chi connectivity index (χ1v) is 3.58. The molecular formula is C7H13N3. The van der Waals surface area contributed by atoms with Crippen molar-refractivity contribution in [2.75, 3.05) is 20.1 Å². The van der Waals surface area contributed by atoms with Crippen LogP contribution in [0.2, 0.25) is 0 Å². The van der Waals surface area contributed by atoms with Crippen LogP contribution in [0.3, 0.4) is 0 Å². The van der Waals surface area contributed by atoms with E-state index in [1.807, 2.05) is 0 Å². The van der Waals surface area contributed by atoms with E-state index in [1.165, 1.54) is 0 Å². The van der Waals surface area contributed by atoms with Crippen LogP contribution in [0.25, 0.3) is 0 Å². The van der Waals surface area contributed by atoms with Crippen LogP contribution in [0.5, 0.6) is 0 Å². The molecular weight excluding hydrogens is 126 g/mol. The highest BCUT2D eigenvalue weighted by Crippen LogP contribution is 2.16. The summed E-state index contributed by atoms with van der Waals surface area (Å²) >= 11 is 0. The number of rotatable bonds is 1. The average molecular weight is 139 g/mol. The van der Waals surface area contributed by atoms with Crippen LogP contribution in [0.1, 0.15) is 6.42 Å². The maximum Gasteiger partial charge on any atom is 0.0969 e. The highest BCUT2D eigenvalue weighted by Gasteiger charge is 2.24. The van der Waals surface area contributed by atoms with Crippen LogP contribution >= 0.6 is 0 Å². The molecule has 0 aromatic rings. The predicted molar refractivity (Wildman–Crippen MR) is 39.2 cm³/mol. The van der Waals surface area contributed by atoms with Gasteiger partial charge in [0.25, 0.3) is 0 Å². The van der Waals surface area contributed by atoms with Crippen LogP contribution in [-0.4, -0.2) is 31.1 Å². The Labute approximate surface area is 61.4 Å². The van der Waals surface area contributed by atoms with E-state index in [1.54, 1.807) is 0 Å². The van der Waals surface area contributed by atoms with E-state index in [4.69, 9.17) is 11.0 Å². The highest BCUT2D eigenvalue weighted by atomic mass is 15.1. The van der Waals surface area contributed by atoms with Gasteiger partial charge in [0.2, 0.25) is 0 Å². The summed E-state index contributed by atoms with van der Waals surface area (Å²) in [6.45, 7) is 2.06. The first-order chi connectivity index (χ1) is 4.74. The molecule has 0 aliphatic carbocycles. The molecule has 2 atom stereocenters. The largest absolute Gasteiger partial charge is 0.316 e. The lowest BCUT2D eigenvalue weighted by molar-refractivity contribution is 0.386. The quantitative estimate of drug-likeness (QED) is 0.547. The molecule has 10 heavy (non-hydrogen) atoms. The molecule has 1 fully saturated rings. The van der Waals surface area contributed by atoms with Gasteiger partial charge < -0.3 is 10.6 Å². The number of nitrogens with two attached hydrogens (primary N) is 1. The molecule has 0 spiro atoms. The van der Waals surface area contributed by atoms with Gasteiger partial charge in [-0.05, 0) is 20.0 Å². The van der Waals surface area contributed by atoms with Gasteiger partial charge in [-0.15, -0.1) is 0 Å². The maximum atomic E-state index is 8.49. The fraction of sp³-hybridized carbons (Fsp3) is 0.857. The summed E-state index contributed by atoms with van der Waals surface area (Å²) in [5.41, 5.74) is 5.55. The molecule has 0 bridgehead atoms. The molecule has 0 amide bonds. The van der Waals surface area contributed by atoms with Crippen molar-refractivity contribution in [3.05, 3.63) is 0 Å². The Morgan fingerprint density at radius 2 is 2.50 bits per heavy atom. The summed E-state index contributed by atoms with van der Waals surface area (Å²) < 4.78 is 0. The van der Waals surface area contributed by atoms with Gasteiger partial charge in [0.05, 0.1) is 12.1 Å². The molecule has 3 heteroatoms. The van der Waals surface area contributed by atoms with Crippen molar-refractivity contribution in [2.24, 2.45) is 11.7 Å².